The van der Waals surface area contributed by atoms with E-state index in [1.54, 1.807) is 6.07 Å². The first-order valence-electron chi connectivity index (χ1n) is 6.21. The van der Waals surface area contributed by atoms with Gasteiger partial charge in [-0.1, -0.05) is 18.6 Å². The van der Waals surface area contributed by atoms with Crippen LogP contribution in [0.1, 0.15) is 19.3 Å². The molecule has 1 unspecified atom stereocenters. The summed E-state index contributed by atoms with van der Waals surface area (Å²) in [4.78, 5) is 0. The fourth-order valence-electron chi connectivity index (χ4n) is 2.48. The van der Waals surface area contributed by atoms with Gasteiger partial charge in [0, 0.05) is 17.6 Å². The molecule has 1 aromatic carbocycles. The Morgan fingerprint density at radius 3 is 3.12 bits per heavy atom. The molecule has 1 aromatic heterocycles. The maximum atomic E-state index is 9.70. The van der Waals surface area contributed by atoms with Gasteiger partial charge in [-0.3, -0.25) is 4.68 Å². The van der Waals surface area contributed by atoms with Gasteiger partial charge in [0.1, 0.15) is 11.3 Å². The third-order valence-electron chi connectivity index (χ3n) is 3.38. The first-order valence-corrected chi connectivity index (χ1v) is 6.21. The largest absolute Gasteiger partial charge is 0.506 e. The first-order chi connectivity index (χ1) is 8.33. The minimum atomic E-state index is 0.262. The normalized spacial score (nSPS) is 20.8. The Kier molecular flexibility index (Phi) is 2.73. The van der Waals surface area contributed by atoms with Crippen LogP contribution in [-0.2, 0) is 6.54 Å². The Morgan fingerprint density at radius 1 is 1.41 bits per heavy atom. The number of fused-ring (bicyclic) bond motifs is 1. The summed E-state index contributed by atoms with van der Waals surface area (Å²) >= 11 is 0. The summed E-state index contributed by atoms with van der Waals surface area (Å²) in [5, 5.41) is 18.6. The molecule has 1 aliphatic rings. The van der Waals surface area contributed by atoms with Gasteiger partial charge in [0.15, 0.2) is 0 Å². The van der Waals surface area contributed by atoms with Crippen molar-refractivity contribution in [2.45, 2.75) is 31.8 Å². The zero-order valence-electron chi connectivity index (χ0n) is 9.76. The summed E-state index contributed by atoms with van der Waals surface area (Å²) in [5.41, 5.74) is 0.698. The highest BCUT2D eigenvalue weighted by Crippen LogP contribution is 2.22. The van der Waals surface area contributed by atoms with Crippen molar-refractivity contribution in [1.29, 1.82) is 0 Å². The Balaban J connectivity index is 1.83. The van der Waals surface area contributed by atoms with Crippen molar-refractivity contribution in [2.75, 3.05) is 6.54 Å². The SMILES string of the molecule is Oc1cccc2cn(CC3CCCCN3)nc12. The van der Waals surface area contributed by atoms with Gasteiger partial charge >= 0.3 is 0 Å². The van der Waals surface area contributed by atoms with Crippen LogP contribution in [0.2, 0.25) is 0 Å². The van der Waals surface area contributed by atoms with Gasteiger partial charge in [-0.25, -0.2) is 0 Å². The number of aromatic hydroxyl groups is 1. The number of phenolic OH excluding ortho intramolecular Hbond substituents is 1. The van der Waals surface area contributed by atoms with Crippen LogP contribution >= 0.6 is 0 Å². The van der Waals surface area contributed by atoms with Crippen LogP contribution in [0.25, 0.3) is 10.9 Å². The number of benzene rings is 1. The molecule has 0 spiro atoms. The Bertz CT molecular complexity index is 514. The van der Waals surface area contributed by atoms with Crippen LogP contribution in [-0.4, -0.2) is 27.5 Å². The van der Waals surface area contributed by atoms with Gasteiger partial charge < -0.3 is 10.4 Å². The molecular formula is C13H17N3O. The highest BCUT2D eigenvalue weighted by molar-refractivity contribution is 5.83. The van der Waals surface area contributed by atoms with Gasteiger partial charge in [0.2, 0.25) is 0 Å². The van der Waals surface area contributed by atoms with E-state index >= 15 is 0 Å². The van der Waals surface area contributed by atoms with Gasteiger partial charge in [-0.2, -0.15) is 5.10 Å². The van der Waals surface area contributed by atoms with Crippen LogP contribution in [0.5, 0.6) is 5.75 Å². The fraction of sp³-hybridized carbons (Fsp3) is 0.462. The van der Waals surface area contributed by atoms with Crippen LogP contribution in [0.3, 0.4) is 0 Å². The van der Waals surface area contributed by atoms with Crippen molar-refractivity contribution in [3.8, 4) is 5.75 Å². The number of phenols is 1. The van der Waals surface area contributed by atoms with Gasteiger partial charge in [-0.05, 0) is 25.5 Å². The topological polar surface area (TPSA) is 50.1 Å². The molecule has 1 atom stereocenters. The van der Waals surface area contributed by atoms with Crippen molar-refractivity contribution in [1.82, 2.24) is 15.1 Å². The number of piperidine rings is 1. The van der Waals surface area contributed by atoms with Crippen LogP contribution in [0.15, 0.2) is 24.4 Å². The summed E-state index contributed by atoms with van der Waals surface area (Å²) in [6.45, 7) is 1.99. The zero-order valence-corrected chi connectivity index (χ0v) is 9.76. The van der Waals surface area contributed by atoms with Gasteiger partial charge in [0.25, 0.3) is 0 Å². The molecule has 0 bridgehead atoms. The second-order valence-corrected chi connectivity index (χ2v) is 4.71. The monoisotopic (exact) mass is 231 g/mol. The summed E-state index contributed by atoms with van der Waals surface area (Å²) in [6, 6.07) is 6.02. The maximum absolute atomic E-state index is 9.70. The number of nitrogens with one attached hydrogen (secondary N) is 1. The fourth-order valence-corrected chi connectivity index (χ4v) is 2.48. The van der Waals surface area contributed by atoms with E-state index in [2.05, 4.69) is 10.4 Å². The van der Waals surface area contributed by atoms with E-state index in [1.807, 2.05) is 23.0 Å². The lowest BCUT2D eigenvalue weighted by molar-refractivity contribution is 0.352. The number of hydrogen-bond donors (Lipinski definition) is 2. The molecule has 2 N–H and O–H groups in total. The average molecular weight is 231 g/mol. The summed E-state index contributed by atoms with van der Waals surface area (Å²) < 4.78 is 1.94. The molecule has 0 amide bonds. The minimum Gasteiger partial charge on any atom is -0.506 e. The molecule has 4 nitrogen and oxygen atoms in total. The lowest BCUT2D eigenvalue weighted by Gasteiger charge is -2.23. The van der Waals surface area contributed by atoms with Crippen LogP contribution in [0.4, 0.5) is 0 Å². The standard InChI is InChI=1S/C13H17N3O/c17-12-6-3-4-10-8-16(15-13(10)12)9-11-5-1-2-7-14-11/h3-4,6,8,11,14,17H,1-2,5,7,9H2. The Hall–Kier alpha value is -1.55. The van der Waals surface area contributed by atoms with Crippen molar-refractivity contribution in [3.05, 3.63) is 24.4 Å². The summed E-state index contributed by atoms with van der Waals surface area (Å²) in [5.74, 6) is 0.262. The highest BCUT2D eigenvalue weighted by atomic mass is 16.3. The van der Waals surface area contributed by atoms with E-state index in [0.29, 0.717) is 11.6 Å². The minimum absolute atomic E-state index is 0.262. The van der Waals surface area contributed by atoms with Crippen molar-refractivity contribution >= 4 is 10.9 Å². The lowest BCUT2D eigenvalue weighted by Crippen LogP contribution is -2.37. The van der Waals surface area contributed by atoms with Crippen LogP contribution in [0, 0.1) is 0 Å². The maximum Gasteiger partial charge on any atom is 0.143 e. The van der Waals surface area contributed by atoms with Gasteiger partial charge in [-0.15, -0.1) is 0 Å². The molecule has 90 valence electrons. The van der Waals surface area contributed by atoms with E-state index in [4.69, 9.17) is 0 Å². The molecule has 0 radical (unpaired) electrons. The van der Waals surface area contributed by atoms with Crippen molar-refractivity contribution in [3.63, 3.8) is 0 Å². The summed E-state index contributed by atoms with van der Waals surface area (Å²) in [7, 11) is 0. The smallest absolute Gasteiger partial charge is 0.143 e. The van der Waals surface area contributed by atoms with E-state index < -0.39 is 0 Å². The number of hydrogen-bond acceptors (Lipinski definition) is 3. The third-order valence-corrected chi connectivity index (χ3v) is 3.38. The molecular weight excluding hydrogens is 214 g/mol. The molecule has 1 aliphatic heterocycles. The highest BCUT2D eigenvalue weighted by Gasteiger charge is 2.14. The molecule has 1 fully saturated rings. The first kappa shape index (κ1) is 10.6. The number of rotatable bonds is 2. The Morgan fingerprint density at radius 2 is 2.35 bits per heavy atom. The van der Waals surface area contributed by atoms with E-state index in [-0.39, 0.29) is 5.75 Å². The Labute approximate surface area is 100 Å². The molecule has 3 rings (SSSR count). The predicted molar refractivity (Wildman–Crippen MR) is 67.0 cm³/mol. The van der Waals surface area contributed by atoms with Gasteiger partial charge in [0.05, 0.1) is 6.54 Å². The second kappa shape index (κ2) is 4.37. The molecule has 2 aromatic rings. The molecule has 17 heavy (non-hydrogen) atoms. The third kappa shape index (κ3) is 2.13. The molecule has 1 saturated heterocycles. The quantitative estimate of drug-likeness (QED) is 0.829. The second-order valence-electron chi connectivity index (χ2n) is 4.71. The van der Waals surface area contributed by atoms with E-state index in [0.717, 1.165) is 18.5 Å². The number of nitrogens with zero attached hydrogens (tertiary/aromatic N) is 2. The summed E-state index contributed by atoms with van der Waals surface area (Å²) in [6.07, 6.45) is 5.79. The molecule has 2 heterocycles. The lowest BCUT2D eigenvalue weighted by atomic mass is 10.1. The van der Waals surface area contributed by atoms with Crippen LogP contribution < -0.4 is 5.32 Å². The zero-order chi connectivity index (χ0) is 11.7. The van der Waals surface area contributed by atoms with E-state index in [9.17, 15) is 5.11 Å². The molecule has 0 aliphatic carbocycles. The predicted octanol–water partition coefficient (Wildman–Crippen LogP) is 1.88. The van der Waals surface area contributed by atoms with E-state index in [1.165, 1.54) is 19.3 Å². The molecule has 0 saturated carbocycles. The van der Waals surface area contributed by atoms with Crippen molar-refractivity contribution in [2.24, 2.45) is 0 Å². The molecule has 4 heteroatoms. The van der Waals surface area contributed by atoms with Crippen molar-refractivity contribution < 1.29 is 5.11 Å². The average Bonchev–Trinajstić information content (AvgIpc) is 2.74. The number of aromatic nitrogens is 2.